The molecule has 138 valence electrons. The van der Waals surface area contributed by atoms with Crippen molar-refractivity contribution < 1.29 is 19.0 Å². The van der Waals surface area contributed by atoms with Crippen molar-refractivity contribution in [2.75, 3.05) is 27.4 Å². The van der Waals surface area contributed by atoms with Crippen molar-refractivity contribution in [1.82, 2.24) is 4.90 Å². The third-order valence-corrected chi connectivity index (χ3v) is 4.71. The van der Waals surface area contributed by atoms with Crippen LogP contribution in [0.3, 0.4) is 0 Å². The molecule has 0 aliphatic carbocycles. The van der Waals surface area contributed by atoms with Gasteiger partial charge in [0, 0.05) is 23.1 Å². The van der Waals surface area contributed by atoms with Crippen molar-refractivity contribution >= 4 is 29.1 Å². The van der Waals surface area contributed by atoms with Crippen molar-refractivity contribution in [3.63, 3.8) is 0 Å². The molecule has 0 bridgehead atoms. The predicted molar refractivity (Wildman–Crippen MR) is 101 cm³/mol. The quantitative estimate of drug-likeness (QED) is 0.768. The zero-order valence-corrected chi connectivity index (χ0v) is 16.1. The van der Waals surface area contributed by atoms with Crippen LogP contribution in [0, 0.1) is 0 Å². The Morgan fingerprint density at radius 3 is 2.23 bits per heavy atom. The summed E-state index contributed by atoms with van der Waals surface area (Å²) in [6, 6.07) is 8.76. The molecule has 7 heteroatoms. The molecule has 0 unspecified atom stereocenters. The van der Waals surface area contributed by atoms with Gasteiger partial charge in [0.2, 0.25) is 0 Å². The van der Waals surface area contributed by atoms with Crippen LogP contribution in [-0.4, -0.2) is 38.2 Å². The van der Waals surface area contributed by atoms with Gasteiger partial charge in [-0.05, 0) is 47.9 Å². The van der Waals surface area contributed by atoms with Crippen LogP contribution in [0.25, 0.3) is 0 Å². The van der Waals surface area contributed by atoms with Gasteiger partial charge in [0.05, 0.1) is 14.2 Å². The van der Waals surface area contributed by atoms with Crippen LogP contribution < -0.4 is 14.2 Å². The molecule has 0 spiro atoms. The van der Waals surface area contributed by atoms with Crippen LogP contribution >= 0.6 is 23.2 Å². The third-order valence-electron chi connectivity index (χ3n) is 4.27. The van der Waals surface area contributed by atoms with E-state index in [4.69, 9.17) is 37.4 Å². The predicted octanol–water partition coefficient (Wildman–Crippen LogP) is 3.97. The monoisotopic (exact) mass is 395 g/mol. The van der Waals surface area contributed by atoms with Crippen molar-refractivity contribution in [1.29, 1.82) is 0 Å². The van der Waals surface area contributed by atoms with Gasteiger partial charge in [0.1, 0.15) is 5.75 Å². The number of hydrogen-bond donors (Lipinski definition) is 0. The van der Waals surface area contributed by atoms with Gasteiger partial charge in [0.25, 0.3) is 5.91 Å². The summed E-state index contributed by atoms with van der Waals surface area (Å²) in [6.07, 6.45) is 0.754. The standard InChI is InChI=1S/C19H19Cl2NO4/c1-24-17-5-12-3-4-22(10-13(12)6-18(17)25-2)19(23)11-26-16-8-14(20)7-15(21)9-16/h5-9H,3-4,10-11H2,1-2H3. The highest BCUT2D eigenvalue weighted by atomic mass is 35.5. The summed E-state index contributed by atoms with van der Waals surface area (Å²) in [5.41, 5.74) is 2.21. The fourth-order valence-corrected chi connectivity index (χ4v) is 3.45. The Bertz CT molecular complexity index is 805. The van der Waals surface area contributed by atoms with E-state index in [1.807, 2.05) is 12.1 Å². The minimum atomic E-state index is -0.0958. The normalized spacial score (nSPS) is 13.2. The molecule has 5 nitrogen and oxygen atoms in total. The molecule has 0 saturated carbocycles. The van der Waals surface area contributed by atoms with Gasteiger partial charge in [-0.3, -0.25) is 4.79 Å². The molecule has 1 aliphatic heterocycles. The molecule has 1 heterocycles. The lowest BCUT2D eigenvalue weighted by molar-refractivity contribution is -0.134. The molecule has 3 rings (SSSR count). The SMILES string of the molecule is COc1cc2c(cc1OC)CN(C(=O)COc1cc(Cl)cc(Cl)c1)CC2. The number of fused-ring (bicyclic) bond motifs is 1. The van der Waals surface area contributed by atoms with E-state index >= 15 is 0 Å². The summed E-state index contributed by atoms with van der Waals surface area (Å²) in [6.45, 7) is 1.06. The van der Waals surface area contributed by atoms with Gasteiger partial charge in [-0.15, -0.1) is 0 Å². The fourth-order valence-electron chi connectivity index (χ4n) is 2.94. The maximum atomic E-state index is 12.5. The molecule has 0 fully saturated rings. The number of hydrogen-bond acceptors (Lipinski definition) is 4. The maximum absolute atomic E-state index is 12.5. The highest BCUT2D eigenvalue weighted by Crippen LogP contribution is 2.33. The maximum Gasteiger partial charge on any atom is 0.260 e. The minimum Gasteiger partial charge on any atom is -0.493 e. The Hall–Kier alpha value is -2.11. The van der Waals surface area contributed by atoms with Crippen molar-refractivity contribution in [2.45, 2.75) is 13.0 Å². The van der Waals surface area contributed by atoms with E-state index in [9.17, 15) is 4.79 Å². The first kappa shape index (κ1) is 18.7. The molecule has 2 aromatic rings. The highest BCUT2D eigenvalue weighted by Gasteiger charge is 2.23. The average Bonchev–Trinajstić information content (AvgIpc) is 2.63. The molecule has 2 aromatic carbocycles. The second kappa shape index (κ2) is 8.06. The van der Waals surface area contributed by atoms with Crippen LogP contribution in [-0.2, 0) is 17.8 Å². The summed E-state index contributed by atoms with van der Waals surface area (Å²) >= 11 is 11.9. The number of ether oxygens (including phenoxy) is 3. The van der Waals surface area contributed by atoms with E-state index in [2.05, 4.69) is 0 Å². The zero-order valence-electron chi connectivity index (χ0n) is 14.6. The molecule has 26 heavy (non-hydrogen) atoms. The number of nitrogens with zero attached hydrogens (tertiary/aromatic N) is 1. The number of rotatable bonds is 5. The van der Waals surface area contributed by atoms with Crippen LogP contribution in [0.5, 0.6) is 17.2 Å². The molecule has 0 atom stereocenters. The fraction of sp³-hybridized carbons (Fsp3) is 0.316. The van der Waals surface area contributed by atoms with E-state index in [0.29, 0.717) is 40.4 Å². The summed E-state index contributed by atoms with van der Waals surface area (Å²) in [7, 11) is 3.21. The van der Waals surface area contributed by atoms with Crippen LogP contribution in [0.1, 0.15) is 11.1 Å². The first-order chi connectivity index (χ1) is 12.5. The van der Waals surface area contributed by atoms with Crippen molar-refractivity contribution in [3.8, 4) is 17.2 Å². The molecule has 1 amide bonds. The summed E-state index contributed by atoms with van der Waals surface area (Å²) in [4.78, 5) is 14.3. The zero-order chi connectivity index (χ0) is 18.7. The minimum absolute atomic E-state index is 0.0701. The Morgan fingerprint density at radius 1 is 1.00 bits per heavy atom. The number of benzene rings is 2. The Labute approximate surface area is 162 Å². The van der Waals surface area contributed by atoms with Crippen LogP contribution in [0.4, 0.5) is 0 Å². The van der Waals surface area contributed by atoms with E-state index in [1.54, 1.807) is 37.3 Å². The second-order valence-corrected chi connectivity index (χ2v) is 6.81. The molecular weight excluding hydrogens is 377 g/mol. The first-order valence-corrected chi connectivity index (χ1v) is 8.86. The first-order valence-electron chi connectivity index (χ1n) is 8.10. The highest BCUT2D eigenvalue weighted by molar-refractivity contribution is 6.34. The van der Waals surface area contributed by atoms with Crippen LogP contribution in [0.2, 0.25) is 10.0 Å². The summed E-state index contributed by atoms with van der Waals surface area (Å²) in [5, 5.41) is 0.931. The largest absolute Gasteiger partial charge is 0.493 e. The van der Waals surface area contributed by atoms with E-state index in [0.717, 1.165) is 17.5 Å². The third kappa shape index (κ3) is 4.17. The number of amides is 1. The lowest BCUT2D eigenvalue weighted by Crippen LogP contribution is -2.38. The number of methoxy groups -OCH3 is 2. The molecule has 0 N–H and O–H groups in total. The van der Waals surface area contributed by atoms with E-state index in [1.165, 1.54) is 0 Å². The van der Waals surface area contributed by atoms with Gasteiger partial charge in [-0.2, -0.15) is 0 Å². The van der Waals surface area contributed by atoms with Gasteiger partial charge in [0.15, 0.2) is 18.1 Å². The molecule has 0 radical (unpaired) electrons. The Kier molecular flexibility index (Phi) is 5.79. The Balaban J connectivity index is 1.67. The smallest absolute Gasteiger partial charge is 0.260 e. The molecule has 0 aromatic heterocycles. The number of carbonyl (C=O) groups excluding carboxylic acids is 1. The van der Waals surface area contributed by atoms with Crippen LogP contribution in [0.15, 0.2) is 30.3 Å². The summed E-state index contributed by atoms with van der Waals surface area (Å²) in [5.74, 6) is 1.73. The Morgan fingerprint density at radius 2 is 1.62 bits per heavy atom. The average molecular weight is 396 g/mol. The molecule has 0 saturated heterocycles. The van der Waals surface area contributed by atoms with E-state index < -0.39 is 0 Å². The lowest BCUT2D eigenvalue weighted by Gasteiger charge is -2.29. The number of halogens is 2. The van der Waals surface area contributed by atoms with Crippen molar-refractivity contribution in [2.24, 2.45) is 0 Å². The molecule has 1 aliphatic rings. The lowest BCUT2D eigenvalue weighted by atomic mass is 9.99. The number of carbonyl (C=O) groups is 1. The molecular formula is C19H19Cl2NO4. The van der Waals surface area contributed by atoms with Crippen molar-refractivity contribution in [3.05, 3.63) is 51.5 Å². The van der Waals surface area contributed by atoms with Gasteiger partial charge in [-0.1, -0.05) is 23.2 Å². The van der Waals surface area contributed by atoms with Gasteiger partial charge < -0.3 is 19.1 Å². The van der Waals surface area contributed by atoms with Gasteiger partial charge in [-0.25, -0.2) is 0 Å². The second-order valence-electron chi connectivity index (χ2n) is 5.94. The summed E-state index contributed by atoms with van der Waals surface area (Å²) < 4.78 is 16.2. The van der Waals surface area contributed by atoms with E-state index in [-0.39, 0.29) is 12.5 Å². The topological polar surface area (TPSA) is 48.0 Å². The van der Waals surface area contributed by atoms with Gasteiger partial charge >= 0.3 is 0 Å².